The van der Waals surface area contributed by atoms with E-state index in [2.05, 4.69) is 10.3 Å². The fourth-order valence-electron chi connectivity index (χ4n) is 2.99. The minimum Gasteiger partial charge on any atom is -0.466 e. The Morgan fingerprint density at radius 1 is 1.30 bits per heavy atom. The van der Waals surface area contributed by atoms with Gasteiger partial charge in [0.1, 0.15) is 5.82 Å². The van der Waals surface area contributed by atoms with Gasteiger partial charge in [-0.2, -0.15) is 0 Å². The number of hydrogen-bond acceptors (Lipinski definition) is 6. The maximum absolute atomic E-state index is 12.9. The number of ether oxygens (including phenoxy) is 1. The van der Waals surface area contributed by atoms with Crippen LogP contribution in [0, 0.1) is 11.7 Å². The minimum atomic E-state index is -0.294. The molecule has 1 fully saturated rings. The second-order valence-electron chi connectivity index (χ2n) is 6.36. The van der Waals surface area contributed by atoms with E-state index in [0.29, 0.717) is 43.4 Å². The summed E-state index contributed by atoms with van der Waals surface area (Å²) in [7, 11) is 0. The van der Waals surface area contributed by atoms with Crippen molar-refractivity contribution in [2.24, 2.45) is 5.92 Å². The molecule has 6 nitrogen and oxygen atoms in total. The number of esters is 1. The molecule has 144 valence electrons. The molecule has 0 spiro atoms. The number of rotatable bonds is 6. The van der Waals surface area contributed by atoms with E-state index in [4.69, 9.17) is 4.74 Å². The Bertz CT molecular complexity index is 786. The van der Waals surface area contributed by atoms with Crippen molar-refractivity contribution in [3.8, 4) is 0 Å². The lowest BCUT2D eigenvalue weighted by atomic mass is 9.97. The van der Waals surface area contributed by atoms with Crippen LogP contribution in [0.5, 0.6) is 0 Å². The van der Waals surface area contributed by atoms with E-state index >= 15 is 0 Å². The molecular formula is C19H22FN3O3S. The van der Waals surface area contributed by atoms with Crippen molar-refractivity contribution in [3.63, 3.8) is 0 Å². The second-order valence-corrected chi connectivity index (χ2v) is 7.22. The molecule has 1 saturated heterocycles. The number of amides is 1. The topological polar surface area (TPSA) is 71.5 Å². The Labute approximate surface area is 161 Å². The average Bonchev–Trinajstić information content (AvgIpc) is 3.10. The van der Waals surface area contributed by atoms with Gasteiger partial charge in [0.15, 0.2) is 5.13 Å². The fourth-order valence-corrected chi connectivity index (χ4v) is 3.72. The molecule has 0 bridgehead atoms. The molecule has 3 rings (SSSR count). The summed E-state index contributed by atoms with van der Waals surface area (Å²) in [5, 5.41) is 5.60. The maximum Gasteiger partial charge on any atom is 0.309 e. The lowest BCUT2D eigenvalue weighted by Crippen LogP contribution is -2.41. The number of carbonyl (C=O) groups is 2. The predicted octanol–water partition coefficient (Wildman–Crippen LogP) is 3.37. The smallest absolute Gasteiger partial charge is 0.309 e. The van der Waals surface area contributed by atoms with Crippen molar-refractivity contribution in [2.75, 3.05) is 25.0 Å². The number of hydrogen-bond donors (Lipinski definition) is 1. The second kappa shape index (κ2) is 8.94. The van der Waals surface area contributed by atoms with Crippen LogP contribution in [0.15, 0.2) is 29.6 Å². The molecule has 0 saturated carbocycles. The van der Waals surface area contributed by atoms with Crippen molar-refractivity contribution in [3.05, 3.63) is 41.2 Å². The first-order chi connectivity index (χ1) is 13.0. The quantitative estimate of drug-likeness (QED) is 0.765. The highest BCUT2D eigenvalue weighted by molar-refractivity contribution is 7.13. The van der Waals surface area contributed by atoms with Crippen molar-refractivity contribution in [2.45, 2.75) is 26.2 Å². The number of thiazole rings is 1. The maximum atomic E-state index is 12.9. The van der Waals surface area contributed by atoms with E-state index in [1.165, 1.54) is 23.5 Å². The first-order valence-electron chi connectivity index (χ1n) is 8.96. The third-order valence-corrected chi connectivity index (χ3v) is 5.25. The summed E-state index contributed by atoms with van der Waals surface area (Å²) in [5.74, 6) is -0.561. The van der Waals surface area contributed by atoms with E-state index in [0.717, 1.165) is 5.69 Å². The third-order valence-electron chi connectivity index (χ3n) is 4.45. The lowest BCUT2D eigenvalue weighted by Gasteiger charge is -2.30. The van der Waals surface area contributed by atoms with Crippen LogP contribution in [-0.4, -0.2) is 41.5 Å². The monoisotopic (exact) mass is 391 g/mol. The zero-order valence-electron chi connectivity index (χ0n) is 15.1. The van der Waals surface area contributed by atoms with Crippen LogP contribution < -0.4 is 5.32 Å². The Morgan fingerprint density at radius 3 is 2.67 bits per heavy atom. The average molecular weight is 391 g/mol. The van der Waals surface area contributed by atoms with E-state index in [1.807, 2.05) is 5.38 Å². The highest BCUT2D eigenvalue weighted by atomic mass is 32.1. The van der Waals surface area contributed by atoms with Crippen LogP contribution in [0.1, 0.15) is 25.5 Å². The largest absolute Gasteiger partial charge is 0.466 e. The molecule has 1 N–H and O–H groups in total. The summed E-state index contributed by atoms with van der Waals surface area (Å²) in [4.78, 5) is 30.5. The van der Waals surface area contributed by atoms with E-state index < -0.39 is 0 Å². The van der Waals surface area contributed by atoms with Gasteiger partial charge in [0.05, 0.1) is 24.6 Å². The van der Waals surface area contributed by atoms with Gasteiger partial charge < -0.3 is 15.0 Å². The number of likely N-dealkylation sites (tertiary alicyclic amines) is 1. The van der Waals surface area contributed by atoms with Gasteiger partial charge in [-0.05, 0) is 44.0 Å². The first-order valence-corrected chi connectivity index (χ1v) is 9.84. The number of nitrogens with zero attached hydrogens (tertiary/aromatic N) is 2. The van der Waals surface area contributed by atoms with Crippen LogP contribution in [-0.2, 0) is 20.7 Å². The van der Waals surface area contributed by atoms with E-state index in [-0.39, 0.29) is 30.0 Å². The summed E-state index contributed by atoms with van der Waals surface area (Å²) in [6.45, 7) is 3.31. The van der Waals surface area contributed by atoms with Crippen molar-refractivity contribution >= 4 is 34.0 Å². The molecule has 1 aliphatic heterocycles. The molecule has 0 aliphatic carbocycles. The van der Waals surface area contributed by atoms with Gasteiger partial charge >= 0.3 is 5.97 Å². The van der Waals surface area contributed by atoms with Crippen LogP contribution in [0.4, 0.5) is 15.2 Å². The van der Waals surface area contributed by atoms with Gasteiger partial charge in [-0.15, -0.1) is 11.3 Å². The lowest BCUT2D eigenvalue weighted by molar-refractivity contribution is -0.151. The molecule has 1 aromatic carbocycles. The zero-order chi connectivity index (χ0) is 19.2. The highest BCUT2D eigenvalue weighted by Gasteiger charge is 2.28. The summed E-state index contributed by atoms with van der Waals surface area (Å²) < 4.78 is 18.0. The number of aromatic nitrogens is 1. The summed E-state index contributed by atoms with van der Waals surface area (Å²) in [5.41, 5.74) is 1.44. The van der Waals surface area contributed by atoms with Gasteiger partial charge in [0.25, 0.3) is 0 Å². The van der Waals surface area contributed by atoms with Crippen LogP contribution >= 0.6 is 11.3 Å². The van der Waals surface area contributed by atoms with Gasteiger partial charge in [-0.25, -0.2) is 9.37 Å². The number of piperidine rings is 1. The molecule has 8 heteroatoms. The molecular weight excluding hydrogens is 369 g/mol. The molecule has 1 aromatic heterocycles. The van der Waals surface area contributed by atoms with Crippen LogP contribution in [0.25, 0.3) is 0 Å². The Hall–Kier alpha value is -2.48. The van der Waals surface area contributed by atoms with Crippen molar-refractivity contribution in [1.29, 1.82) is 0 Å². The third kappa shape index (κ3) is 5.26. The molecule has 0 atom stereocenters. The summed E-state index contributed by atoms with van der Waals surface area (Å²) in [6, 6.07) is 6.02. The number of anilines is 2. The molecule has 0 radical (unpaired) electrons. The molecule has 0 unspecified atom stereocenters. The molecule has 2 heterocycles. The van der Waals surface area contributed by atoms with Crippen LogP contribution in [0.2, 0.25) is 0 Å². The SMILES string of the molecule is CCOC(=O)C1CCN(C(=O)Cc2csc(Nc3ccc(F)cc3)n2)CC1. The molecule has 27 heavy (non-hydrogen) atoms. The highest BCUT2D eigenvalue weighted by Crippen LogP contribution is 2.23. The number of carbonyl (C=O) groups excluding carboxylic acids is 2. The summed E-state index contributed by atoms with van der Waals surface area (Å²) >= 11 is 1.40. The van der Waals surface area contributed by atoms with Gasteiger partial charge in [-0.1, -0.05) is 0 Å². The Balaban J connectivity index is 1.49. The van der Waals surface area contributed by atoms with Gasteiger partial charge in [0.2, 0.25) is 5.91 Å². The summed E-state index contributed by atoms with van der Waals surface area (Å²) in [6.07, 6.45) is 1.50. The normalized spacial score (nSPS) is 14.8. The van der Waals surface area contributed by atoms with E-state index in [9.17, 15) is 14.0 Å². The first kappa shape index (κ1) is 19.3. The Kier molecular flexibility index (Phi) is 6.39. The van der Waals surface area contributed by atoms with E-state index in [1.54, 1.807) is 24.0 Å². The molecule has 1 aliphatic rings. The number of nitrogens with one attached hydrogen (secondary N) is 1. The van der Waals surface area contributed by atoms with Crippen molar-refractivity contribution < 1.29 is 18.7 Å². The number of benzene rings is 1. The van der Waals surface area contributed by atoms with Crippen LogP contribution in [0.3, 0.4) is 0 Å². The zero-order valence-corrected chi connectivity index (χ0v) is 15.9. The Morgan fingerprint density at radius 2 is 2.00 bits per heavy atom. The minimum absolute atomic E-state index is 0.0101. The predicted molar refractivity (Wildman–Crippen MR) is 101 cm³/mol. The van der Waals surface area contributed by atoms with Gasteiger partial charge in [-0.3, -0.25) is 9.59 Å². The van der Waals surface area contributed by atoms with Crippen molar-refractivity contribution in [1.82, 2.24) is 9.88 Å². The standard InChI is InChI=1S/C19H22FN3O3S/c1-2-26-18(25)13-7-9-23(10-8-13)17(24)11-16-12-27-19(22-16)21-15-5-3-14(20)4-6-15/h3-6,12-13H,2,7-11H2,1H3,(H,21,22). The molecule has 2 aromatic rings. The number of halogens is 1. The fraction of sp³-hybridized carbons (Fsp3) is 0.421. The van der Waals surface area contributed by atoms with Gasteiger partial charge in [0, 0.05) is 24.2 Å². The molecule has 1 amide bonds.